The van der Waals surface area contributed by atoms with E-state index in [4.69, 9.17) is 0 Å². The minimum Gasteiger partial charge on any atom is -0.288 e. The van der Waals surface area contributed by atoms with Crippen LogP contribution in [0.1, 0.15) is 16.7 Å². The number of thiophene rings is 1. The summed E-state index contributed by atoms with van der Waals surface area (Å²) < 4.78 is 3.54. The smallest absolute Gasteiger partial charge is 0.288 e. The Bertz CT molecular complexity index is 1220. The van der Waals surface area contributed by atoms with Crippen molar-refractivity contribution in [3.05, 3.63) is 97.5 Å². The molecule has 2 heterocycles. The molecular weight excluding hydrogens is 344 g/mol. The summed E-state index contributed by atoms with van der Waals surface area (Å²) in [6.07, 6.45) is 0. The third kappa shape index (κ3) is 2.70. The van der Waals surface area contributed by atoms with Crippen molar-refractivity contribution in [1.82, 2.24) is 9.13 Å². The maximum atomic E-state index is 13.2. The molecule has 0 aliphatic heterocycles. The molecule has 4 nitrogen and oxygen atoms in total. The Morgan fingerprint density at radius 1 is 0.923 bits per heavy atom. The molecule has 0 N–H and O–H groups in total. The van der Waals surface area contributed by atoms with E-state index in [2.05, 4.69) is 26.0 Å². The Morgan fingerprint density at radius 3 is 2.42 bits per heavy atom. The summed E-state index contributed by atoms with van der Waals surface area (Å²) in [6.45, 7) is 4.56. The first kappa shape index (κ1) is 16.5. The molecule has 26 heavy (non-hydrogen) atoms. The van der Waals surface area contributed by atoms with Gasteiger partial charge >= 0.3 is 5.69 Å². The number of benzene rings is 2. The summed E-state index contributed by atoms with van der Waals surface area (Å²) in [5.41, 5.74) is 4.15. The van der Waals surface area contributed by atoms with Crippen molar-refractivity contribution in [1.29, 1.82) is 0 Å². The molecule has 2 aromatic carbocycles. The molecule has 4 aromatic rings. The van der Waals surface area contributed by atoms with Gasteiger partial charge in [-0.1, -0.05) is 36.4 Å². The van der Waals surface area contributed by atoms with Crippen molar-refractivity contribution >= 4 is 21.6 Å². The minimum atomic E-state index is -0.315. The van der Waals surface area contributed by atoms with Crippen LogP contribution in [0.4, 0.5) is 0 Å². The van der Waals surface area contributed by atoms with Crippen molar-refractivity contribution in [2.24, 2.45) is 0 Å². The number of nitrogens with zero attached hydrogens (tertiary/aromatic N) is 2. The highest BCUT2D eigenvalue weighted by Crippen LogP contribution is 2.18. The van der Waals surface area contributed by atoms with E-state index in [1.807, 2.05) is 35.7 Å². The van der Waals surface area contributed by atoms with Crippen molar-refractivity contribution in [2.75, 3.05) is 0 Å². The number of aryl methyl sites for hydroxylation is 2. The Hall–Kier alpha value is -2.92. The molecule has 0 aliphatic carbocycles. The van der Waals surface area contributed by atoms with Gasteiger partial charge in [0.05, 0.1) is 17.7 Å². The van der Waals surface area contributed by atoms with Crippen molar-refractivity contribution < 1.29 is 0 Å². The molecule has 0 fully saturated rings. The van der Waals surface area contributed by atoms with Crippen molar-refractivity contribution in [2.45, 2.75) is 20.4 Å². The third-order valence-electron chi connectivity index (χ3n) is 4.68. The van der Waals surface area contributed by atoms with E-state index in [1.165, 1.54) is 27.0 Å². The molecule has 0 saturated carbocycles. The Labute approximate surface area is 154 Å². The van der Waals surface area contributed by atoms with Gasteiger partial charge in [0.25, 0.3) is 5.56 Å². The quantitative estimate of drug-likeness (QED) is 0.555. The zero-order valence-corrected chi connectivity index (χ0v) is 15.4. The highest BCUT2D eigenvalue weighted by Gasteiger charge is 2.15. The fraction of sp³-hybridized carbons (Fsp3) is 0.143. The van der Waals surface area contributed by atoms with Crippen molar-refractivity contribution in [3.63, 3.8) is 0 Å². The van der Waals surface area contributed by atoms with Gasteiger partial charge in [-0.25, -0.2) is 9.36 Å². The average Bonchev–Trinajstić information content (AvgIpc) is 3.13. The van der Waals surface area contributed by atoms with Crippen LogP contribution in [-0.4, -0.2) is 9.13 Å². The van der Waals surface area contributed by atoms with Gasteiger partial charge in [-0.3, -0.25) is 9.36 Å². The molecule has 0 saturated heterocycles. The van der Waals surface area contributed by atoms with E-state index >= 15 is 0 Å². The highest BCUT2D eigenvalue weighted by atomic mass is 32.1. The molecule has 0 aliphatic rings. The van der Waals surface area contributed by atoms with Crippen LogP contribution in [0.5, 0.6) is 0 Å². The lowest BCUT2D eigenvalue weighted by atomic mass is 10.1. The molecule has 130 valence electrons. The van der Waals surface area contributed by atoms with E-state index < -0.39 is 0 Å². The predicted octanol–water partition coefficient (Wildman–Crippen LogP) is 3.88. The Kier molecular flexibility index (Phi) is 4.09. The number of aromatic nitrogens is 2. The van der Waals surface area contributed by atoms with E-state index in [9.17, 15) is 9.59 Å². The highest BCUT2D eigenvalue weighted by molar-refractivity contribution is 7.17. The summed E-state index contributed by atoms with van der Waals surface area (Å²) in [5, 5.41) is 1.86. The largest absolute Gasteiger partial charge is 0.336 e. The predicted molar refractivity (Wildman–Crippen MR) is 107 cm³/mol. The first-order chi connectivity index (χ1) is 12.6. The summed E-state index contributed by atoms with van der Waals surface area (Å²) in [4.78, 5) is 26.1. The number of rotatable bonds is 3. The first-order valence-electron chi connectivity index (χ1n) is 8.41. The zero-order chi connectivity index (χ0) is 18.3. The number of hydrogen-bond acceptors (Lipinski definition) is 3. The van der Waals surface area contributed by atoms with Crippen molar-refractivity contribution in [3.8, 4) is 5.69 Å². The van der Waals surface area contributed by atoms with Gasteiger partial charge in [0.1, 0.15) is 4.70 Å². The minimum absolute atomic E-state index is 0.262. The molecule has 5 heteroatoms. The first-order valence-corrected chi connectivity index (χ1v) is 9.29. The van der Waals surface area contributed by atoms with Gasteiger partial charge in [-0.05, 0) is 54.1 Å². The SMILES string of the molecule is Cc1ccc(Cn2c(=O)n(-c3ccccc3)c(=O)c3sccc32)cc1C. The maximum Gasteiger partial charge on any atom is 0.336 e. The number of fused-ring (bicyclic) bond motifs is 1. The molecule has 0 unspecified atom stereocenters. The second kappa shape index (κ2) is 6.42. The molecule has 2 aromatic heterocycles. The topological polar surface area (TPSA) is 44.0 Å². The maximum absolute atomic E-state index is 13.2. The van der Waals surface area contributed by atoms with Crippen LogP contribution >= 0.6 is 11.3 Å². The van der Waals surface area contributed by atoms with Crippen LogP contribution in [0.25, 0.3) is 15.9 Å². The summed E-state index contributed by atoms with van der Waals surface area (Å²) >= 11 is 1.37. The molecule has 0 spiro atoms. The van der Waals surface area contributed by atoms with Gasteiger partial charge in [0.2, 0.25) is 0 Å². The molecule has 0 radical (unpaired) electrons. The van der Waals surface area contributed by atoms with E-state index in [0.717, 1.165) is 5.56 Å². The molecule has 0 atom stereocenters. The fourth-order valence-electron chi connectivity index (χ4n) is 3.13. The van der Waals surface area contributed by atoms with Crippen LogP contribution in [0.15, 0.2) is 69.6 Å². The van der Waals surface area contributed by atoms with Gasteiger partial charge in [0, 0.05) is 0 Å². The lowest BCUT2D eigenvalue weighted by molar-refractivity contribution is 0.716. The molecule has 4 rings (SSSR count). The van der Waals surface area contributed by atoms with Gasteiger partial charge < -0.3 is 0 Å². The second-order valence-corrected chi connectivity index (χ2v) is 7.31. The van der Waals surface area contributed by atoms with E-state index in [1.54, 1.807) is 16.7 Å². The lowest BCUT2D eigenvalue weighted by Gasteiger charge is -2.13. The van der Waals surface area contributed by atoms with Gasteiger partial charge in [0.15, 0.2) is 0 Å². The van der Waals surface area contributed by atoms with Crippen LogP contribution in [0.2, 0.25) is 0 Å². The monoisotopic (exact) mass is 362 g/mol. The summed E-state index contributed by atoms with van der Waals surface area (Å²) in [6, 6.07) is 17.1. The molecular formula is C21H18N2O2S. The fourth-order valence-corrected chi connectivity index (χ4v) is 3.95. The molecule has 0 bridgehead atoms. The Morgan fingerprint density at radius 2 is 1.69 bits per heavy atom. The van der Waals surface area contributed by atoms with Crippen LogP contribution in [0.3, 0.4) is 0 Å². The number of para-hydroxylation sites is 1. The number of hydrogen-bond donors (Lipinski definition) is 0. The Balaban J connectivity index is 1.97. The third-order valence-corrected chi connectivity index (χ3v) is 5.57. The summed E-state index contributed by atoms with van der Waals surface area (Å²) in [5.74, 6) is 0. The average molecular weight is 362 g/mol. The normalized spacial score (nSPS) is 11.2. The van der Waals surface area contributed by atoms with Crippen LogP contribution in [0, 0.1) is 13.8 Å². The van der Waals surface area contributed by atoms with E-state index in [0.29, 0.717) is 22.4 Å². The van der Waals surface area contributed by atoms with Gasteiger partial charge in [-0.15, -0.1) is 11.3 Å². The zero-order valence-electron chi connectivity index (χ0n) is 14.6. The lowest BCUT2D eigenvalue weighted by Crippen LogP contribution is -2.38. The summed E-state index contributed by atoms with van der Waals surface area (Å²) in [7, 11) is 0. The van der Waals surface area contributed by atoms with Crippen LogP contribution in [-0.2, 0) is 6.54 Å². The molecule has 0 amide bonds. The second-order valence-electron chi connectivity index (χ2n) is 6.40. The van der Waals surface area contributed by atoms with Gasteiger partial charge in [-0.2, -0.15) is 0 Å². The van der Waals surface area contributed by atoms with E-state index in [-0.39, 0.29) is 11.2 Å². The van der Waals surface area contributed by atoms with Crippen LogP contribution < -0.4 is 11.2 Å². The standard InChI is InChI=1S/C21H18N2O2S/c1-14-8-9-16(12-15(14)2)13-22-18-10-11-26-19(18)20(24)23(21(22)25)17-6-4-3-5-7-17/h3-12H,13H2,1-2H3.